The van der Waals surface area contributed by atoms with E-state index in [0.717, 1.165) is 48.1 Å². The van der Waals surface area contributed by atoms with E-state index in [9.17, 15) is 4.79 Å². The smallest absolute Gasteiger partial charge is 0.326 e. The average Bonchev–Trinajstić information content (AvgIpc) is 2.69. The van der Waals surface area contributed by atoms with Gasteiger partial charge in [0.05, 0.1) is 17.6 Å². The third-order valence-corrected chi connectivity index (χ3v) is 4.08. The van der Waals surface area contributed by atoms with Crippen LogP contribution in [0.3, 0.4) is 0 Å². The second-order valence-corrected chi connectivity index (χ2v) is 5.61. The highest BCUT2D eigenvalue weighted by atomic mass is 79.9. The molecule has 2 heterocycles. The Morgan fingerprint density at radius 1 is 1.50 bits per heavy atom. The van der Waals surface area contributed by atoms with Gasteiger partial charge in [0, 0.05) is 23.5 Å². The number of imidazole rings is 1. The lowest BCUT2D eigenvalue weighted by molar-refractivity contribution is 0.0484. The maximum Gasteiger partial charge on any atom is 0.326 e. The van der Waals surface area contributed by atoms with Crippen molar-refractivity contribution in [1.29, 1.82) is 0 Å². The second kappa shape index (κ2) is 4.90. The maximum absolute atomic E-state index is 12.0. The normalized spacial score (nSPS) is 20.4. The largest absolute Gasteiger partial charge is 0.381 e. The van der Waals surface area contributed by atoms with Gasteiger partial charge < -0.3 is 9.72 Å². The van der Waals surface area contributed by atoms with Crippen LogP contribution in [0.25, 0.3) is 11.0 Å². The molecule has 1 aromatic carbocycles. The summed E-state index contributed by atoms with van der Waals surface area (Å²) in [5, 5.41) is 0. The number of ether oxygens (including phenoxy) is 1. The molecule has 1 aromatic heterocycles. The number of H-pyrrole nitrogens is 1. The number of para-hydroxylation sites is 1. The fourth-order valence-electron chi connectivity index (χ4n) is 2.56. The lowest BCUT2D eigenvalue weighted by Gasteiger charge is -2.22. The van der Waals surface area contributed by atoms with Crippen molar-refractivity contribution in [2.24, 2.45) is 5.92 Å². The van der Waals surface area contributed by atoms with E-state index >= 15 is 0 Å². The van der Waals surface area contributed by atoms with Crippen LogP contribution in [0.4, 0.5) is 0 Å². The van der Waals surface area contributed by atoms with E-state index in [0.29, 0.717) is 5.92 Å². The summed E-state index contributed by atoms with van der Waals surface area (Å²) >= 11 is 3.51. The molecule has 96 valence electrons. The number of nitrogens with one attached hydrogen (secondary N) is 1. The number of aromatic amines is 1. The topological polar surface area (TPSA) is 47.0 Å². The Balaban J connectivity index is 2.00. The van der Waals surface area contributed by atoms with E-state index in [1.807, 2.05) is 22.8 Å². The van der Waals surface area contributed by atoms with E-state index in [1.165, 1.54) is 0 Å². The molecule has 4 nitrogen and oxygen atoms in total. The quantitative estimate of drug-likeness (QED) is 0.926. The van der Waals surface area contributed by atoms with Crippen LogP contribution >= 0.6 is 15.9 Å². The molecule has 0 bridgehead atoms. The summed E-state index contributed by atoms with van der Waals surface area (Å²) in [6, 6.07) is 5.81. The van der Waals surface area contributed by atoms with Crippen molar-refractivity contribution in [3.8, 4) is 0 Å². The number of benzene rings is 1. The Morgan fingerprint density at radius 2 is 2.39 bits per heavy atom. The zero-order valence-electron chi connectivity index (χ0n) is 9.99. The number of fused-ring (bicyclic) bond motifs is 1. The first-order valence-electron chi connectivity index (χ1n) is 6.20. The molecule has 1 atom stereocenters. The van der Waals surface area contributed by atoms with Gasteiger partial charge in [-0.2, -0.15) is 0 Å². The molecule has 0 aliphatic carbocycles. The second-order valence-electron chi connectivity index (χ2n) is 4.76. The molecule has 1 saturated heterocycles. The summed E-state index contributed by atoms with van der Waals surface area (Å²) < 4.78 is 8.25. The number of halogens is 1. The Labute approximate surface area is 113 Å². The van der Waals surface area contributed by atoms with Gasteiger partial charge in [-0.05, 0) is 40.9 Å². The number of rotatable bonds is 2. The Hall–Kier alpha value is -1.07. The minimum atomic E-state index is -0.0394. The van der Waals surface area contributed by atoms with E-state index in [1.54, 1.807) is 0 Å². The molecule has 0 amide bonds. The Bertz CT molecular complexity index is 611. The first kappa shape index (κ1) is 12.0. The molecule has 0 spiro atoms. The lowest BCUT2D eigenvalue weighted by atomic mass is 10.0. The molecule has 5 heteroatoms. The summed E-state index contributed by atoms with van der Waals surface area (Å²) in [5.41, 5.74) is 1.79. The van der Waals surface area contributed by atoms with Gasteiger partial charge in [-0.15, -0.1) is 0 Å². The van der Waals surface area contributed by atoms with Gasteiger partial charge in [-0.3, -0.25) is 4.57 Å². The van der Waals surface area contributed by atoms with Crippen LogP contribution in [-0.2, 0) is 11.3 Å². The van der Waals surface area contributed by atoms with E-state index < -0.39 is 0 Å². The van der Waals surface area contributed by atoms with Gasteiger partial charge in [0.1, 0.15) is 0 Å². The highest BCUT2D eigenvalue weighted by Gasteiger charge is 2.18. The molecule has 1 N–H and O–H groups in total. The molecule has 0 radical (unpaired) electrons. The van der Waals surface area contributed by atoms with Crippen molar-refractivity contribution in [3.05, 3.63) is 33.2 Å². The minimum Gasteiger partial charge on any atom is -0.381 e. The zero-order chi connectivity index (χ0) is 12.5. The Morgan fingerprint density at radius 3 is 3.17 bits per heavy atom. The van der Waals surface area contributed by atoms with Crippen LogP contribution in [0, 0.1) is 5.92 Å². The van der Waals surface area contributed by atoms with E-state index in [-0.39, 0.29) is 5.69 Å². The van der Waals surface area contributed by atoms with Gasteiger partial charge in [0.2, 0.25) is 0 Å². The molecule has 18 heavy (non-hydrogen) atoms. The van der Waals surface area contributed by atoms with Gasteiger partial charge in [0.15, 0.2) is 0 Å². The summed E-state index contributed by atoms with van der Waals surface area (Å²) in [7, 11) is 0. The van der Waals surface area contributed by atoms with Crippen molar-refractivity contribution in [3.63, 3.8) is 0 Å². The van der Waals surface area contributed by atoms with E-state index in [4.69, 9.17) is 4.74 Å². The molecule has 1 aliphatic heterocycles. The molecular weight excluding hydrogens is 296 g/mol. The molecular formula is C13H15BrN2O2. The highest BCUT2D eigenvalue weighted by Crippen LogP contribution is 2.23. The maximum atomic E-state index is 12.0. The SMILES string of the molecule is O=c1[nH]c2cccc(Br)c2n1CC1CCCOC1. The lowest BCUT2D eigenvalue weighted by Crippen LogP contribution is -2.27. The van der Waals surface area contributed by atoms with Crippen LogP contribution in [0.15, 0.2) is 27.5 Å². The predicted octanol–water partition coefficient (Wildman–Crippen LogP) is 2.52. The zero-order valence-corrected chi connectivity index (χ0v) is 11.6. The van der Waals surface area contributed by atoms with Gasteiger partial charge in [0.25, 0.3) is 0 Å². The first-order valence-corrected chi connectivity index (χ1v) is 7.00. The average molecular weight is 311 g/mol. The Kier molecular flexibility index (Phi) is 3.26. The monoisotopic (exact) mass is 310 g/mol. The van der Waals surface area contributed by atoms with Gasteiger partial charge in [-0.25, -0.2) is 4.79 Å². The fourth-order valence-corrected chi connectivity index (χ4v) is 3.14. The van der Waals surface area contributed by atoms with Crippen LogP contribution in [0.1, 0.15) is 12.8 Å². The van der Waals surface area contributed by atoms with E-state index in [2.05, 4.69) is 20.9 Å². The standard InChI is InChI=1S/C13H15BrN2O2/c14-10-4-1-5-11-12(10)16(13(17)15-11)7-9-3-2-6-18-8-9/h1,4-5,9H,2-3,6-8H2,(H,15,17). The summed E-state index contributed by atoms with van der Waals surface area (Å²) in [6.45, 7) is 2.33. The van der Waals surface area contributed by atoms with Gasteiger partial charge >= 0.3 is 5.69 Å². The van der Waals surface area contributed by atoms with Crippen molar-refractivity contribution in [2.75, 3.05) is 13.2 Å². The van der Waals surface area contributed by atoms with Gasteiger partial charge in [-0.1, -0.05) is 6.07 Å². The molecule has 1 unspecified atom stereocenters. The molecule has 1 fully saturated rings. The summed E-state index contributed by atoms with van der Waals surface area (Å²) in [5.74, 6) is 0.433. The predicted molar refractivity (Wildman–Crippen MR) is 73.8 cm³/mol. The highest BCUT2D eigenvalue weighted by molar-refractivity contribution is 9.10. The fraction of sp³-hybridized carbons (Fsp3) is 0.462. The van der Waals surface area contributed by atoms with Crippen LogP contribution < -0.4 is 5.69 Å². The third-order valence-electron chi connectivity index (χ3n) is 3.44. The molecule has 0 saturated carbocycles. The number of aromatic nitrogens is 2. The van der Waals surface area contributed by atoms with Crippen molar-refractivity contribution in [2.45, 2.75) is 19.4 Å². The summed E-state index contributed by atoms with van der Waals surface area (Å²) in [6.07, 6.45) is 2.21. The number of nitrogens with zero attached hydrogens (tertiary/aromatic N) is 1. The van der Waals surface area contributed by atoms with Crippen molar-refractivity contribution in [1.82, 2.24) is 9.55 Å². The molecule has 2 aromatic rings. The molecule has 1 aliphatic rings. The summed E-state index contributed by atoms with van der Waals surface area (Å²) in [4.78, 5) is 14.9. The van der Waals surface area contributed by atoms with Crippen molar-refractivity contribution >= 4 is 27.0 Å². The van der Waals surface area contributed by atoms with Crippen molar-refractivity contribution < 1.29 is 4.74 Å². The molecule has 3 rings (SSSR count). The number of hydrogen-bond donors (Lipinski definition) is 1. The first-order chi connectivity index (χ1) is 8.75. The van der Waals surface area contributed by atoms with Crippen LogP contribution in [0.5, 0.6) is 0 Å². The third kappa shape index (κ3) is 2.12. The minimum absolute atomic E-state index is 0.0394. The number of hydrogen-bond acceptors (Lipinski definition) is 2. The van der Waals surface area contributed by atoms with Crippen LogP contribution in [-0.4, -0.2) is 22.8 Å². The van der Waals surface area contributed by atoms with Crippen LogP contribution in [0.2, 0.25) is 0 Å².